The van der Waals surface area contributed by atoms with Crippen LogP contribution in [0.25, 0.3) is 11.2 Å². The van der Waals surface area contributed by atoms with Crippen molar-refractivity contribution < 1.29 is 9.47 Å². The van der Waals surface area contributed by atoms with E-state index in [-0.39, 0.29) is 23.6 Å². The molecule has 4 rings (SSSR count). The first-order valence-corrected chi connectivity index (χ1v) is 9.59. The van der Waals surface area contributed by atoms with E-state index in [4.69, 9.17) is 20.3 Å². The Kier molecular flexibility index (Phi) is 4.91. The molecule has 0 spiro atoms. The zero-order valence-corrected chi connectivity index (χ0v) is 15.2. The highest BCUT2D eigenvalue weighted by molar-refractivity contribution is 5.91. The molecule has 2 aromatic rings. The van der Waals surface area contributed by atoms with Gasteiger partial charge in [-0.05, 0) is 37.7 Å². The van der Waals surface area contributed by atoms with Crippen molar-refractivity contribution in [3.63, 3.8) is 0 Å². The van der Waals surface area contributed by atoms with Gasteiger partial charge in [-0.1, -0.05) is 13.3 Å². The van der Waals surface area contributed by atoms with Crippen molar-refractivity contribution in [2.45, 2.75) is 51.2 Å². The molecule has 3 atom stereocenters. The van der Waals surface area contributed by atoms with Crippen LogP contribution in [-0.4, -0.2) is 45.8 Å². The molecule has 3 N–H and O–H groups in total. The summed E-state index contributed by atoms with van der Waals surface area (Å²) in [5.41, 5.74) is 1.77. The Bertz CT molecular complexity index is 836. The molecule has 3 heterocycles. The number of hydrogen-bond acceptors (Lipinski definition) is 5. The van der Waals surface area contributed by atoms with Gasteiger partial charge in [0.2, 0.25) is 0 Å². The SMILES string of the molecule is CC[C@@H]1C[C@@H](OC2CCOCC2)C[C@@H]1C(=N)n1c(=N)cnc2[nH]ccc21. The first kappa shape index (κ1) is 17.4. The lowest BCUT2D eigenvalue weighted by atomic mass is 9.92. The van der Waals surface area contributed by atoms with E-state index in [1.165, 1.54) is 6.20 Å². The highest BCUT2D eigenvalue weighted by Crippen LogP contribution is 2.38. The second-order valence-corrected chi connectivity index (χ2v) is 7.39. The molecule has 2 aliphatic rings. The van der Waals surface area contributed by atoms with Crippen LogP contribution in [0.4, 0.5) is 0 Å². The van der Waals surface area contributed by atoms with Crippen LogP contribution in [0.1, 0.15) is 39.0 Å². The summed E-state index contributed by atoms with van der Waals surface area (Å²) in [6.07, 6.45) is 8.62. The third-order valence-electron chi connectivity index (χ3n) is 5.82. The summed E-state index contributed by atoms with van der Waals surface area (Å²) in [5.74, 6) is 1.02. The summed E-state index contributed by atoms with van der Waals surface area (Å²) in [4.78, 5) is 7.32. The van der Waals surface area contributed by atoms with Gasteiger partial charge < -0.3 is 14.5 Å². The van der Waals surface area contributed by atoms with E-state index in [1.807, 2.05) is 12.3 Å². The predicted molar refractivity (Wildman–Crippen MR) is 98.3 cm³/mol. The normalized spacial score (nSPS) is 27.2. The summed E-state index contributed by atoms with van der Waals surface area (Å²) < 4.78 is 13.5. The Morgan fingerprint density at radius 1 is 1.35 bits per heavy atom. The van der Waals surface area contributed by atoms with Crippen molar-refractivity contribution in [1.82, 2.24) is 14.5 Å². The second-order valence-electron chi connectivity index (χ2n) is 7.39. The summed E-state index contributed by atoms with van der Waals surface area (Å²) >= 11 is 0. The molecule has 2 aromatic heterocycles. The molecular weight excluding hydrogens is 330 g/mol. The number of H-pyrrole nitrogens is 1. The fraction of sp³-hybridized carbons (Fsp3) is 0.632. The van der Waals surface area contributed by atoms with E-state index in [1.54, 1.807) is 4.57 Å². The van der Waals surface area contributed by atoms with Crippen LogP contribution in [0.5, 0.6) is 0 Å². The molecule has 1 aliphatic heterocycles. The van der Waals surface area contributed by atoms with Crippen LogP contribution in [0.2, 0.25) is 0 Å². The Morgan fingerprint density at radius 2 is 2.15 bits per heavy atom. The number of rotatable bonds is 4. The highest BCUT2D eigenvalue weighted by Gasteiger charge is 2.38. The zero-order valence-electron chi connectivity index (χ0n) is 15.2. The first-order chi connectivity index (χ1) is 12.7. The molecular formula is C19H27N5O2. The Morgan fingerprint density at radius 3 is 2.92 bits per heavy atom. The van der Waals surface area contributed by atoms with Crippen LogP contribution in [0, 0.1) is 22.7 Å². The summed E-state index contributed by atoms with van der Waals surface area (Å²) in [6.45, 7) is 3.76. The molecule has 7 nitrogen and oxygen atoms in total. The van der Waals surface area contributed by atoms with E-state index in [2.05, 4.69) is 16.9 Å². The van der Waals surface area contributed by atoms with E-state index in [0.29, 0.717) is 17.4 Å². The number of hydrogen-bond donors (Lipinski definition) is 3. The maximum absolute atomic E-state index is 8.86. The lowest BCUT2D eigenvalue weighted by Crippen LogP contribution is -2.34. The van der Waals surface area contributed by atoms with E-state index in [9.17, 15) is 0 Å². The topological polar surface area (TPSA) is 99.8 Å². The molecule has 0 bridgehead atoms. The molecule has 2 fully saturated rings. The molecule has 0 amide bonds. The molecule has 0 radical (unpaired) electrons. The van der Waals surface area contributed by atoms with Gasteiger partial charge in [-0.3, -0.25) is 15.4 Å². The van der Waals surface area contributed by atoms with Gasteiger partial charge in [0, 0.05) is 25.3 Å². The zero-order chi connectivity index (χ0) is 18.1. The minimum atomic E-state index is 0.111. The monoisotopic (exact) mass is 357 g/mol. The van der Waals surface area contributed by atoms with Crippen LogP contribution in [0.3, 0.4) is 0 Å². The fourth-order valence-corrected chi connectivity index (χ4v) is 4.43. The summed E-state index contributed by atoms with van der Waals surface area (Å²) in [6, 6.07) is 1.89. The van der Waals surface area contributed by atoms with Gasteiger partial charge in [-0.15, -0.1) is 0 Å². The quantitative estimate of drug-likeness (QED) is 0.579. The molecule has 1 saturated carbocycles. The smallest absolute Gasteiger partial charge is 0.154 e. The van der Waals surface area contributed by atoms with Gasteiger partial charge >= 0.3 is 0 Å². The van der Waals surface area contributed by atoms with Crippen molar-refractivity contribution in [3.8, 4) is 0 Å². The third-order valence-corrected chi connectivity index (χ3v) is 5.82. The average molecular weight is 357 g/mol. The van der Waals surface area contributed by atoms with Gasteiger partial charge in [-0.25, -0.2) is 4.98 Å². The van der Waals surface area contributed by atoms with Crippen molar-refractivity contribution >= 4 is 17.0 Å². The van der Waals surface area contributed by atoms with Crippen molar-refractivity contribution in [3.05, 3.63) is 23.9 Å². The minimum absolute atomic E-state index is 0.111. The van der Waals surface area contributed by atoms with Gasteiger partial charge in [0.1, 0.15) is 11.3 Å². The first-order valence-electron chi connectivity index (χ1n) is 9.59. The Hall–Kier alpha value is -1.99. The molecule has 0 aromatic carbocycles. The predicted octanol–water partition coefficient (Wildman–Crippen LogP) is 2.67. The molecule has 0 unspecified atom stereocenters. The second kappa shape index (κ2) is 7.32. The van der Waals surface area contributed by atoms with Gasteiger partial charge in [0.25, 0.3) is 0 Å². The number of nitrogens with zero attached hydrogens (tertiary/aromatic N) is 2. The highest BCUT2D eigenvalue weighted by atomic mass is 16.5. The molecule has 26 heavy (non-hydrogen) atoms. The van der Waals surface area contributed by atoms with Gasteiger partial charge in [0.15, 0.2) is 5.65 Å². The van der Waals surface area contributed by atoms with Crippen LogP contribution in [0.15, 0.2) is 18.5 Å². The Labute approximate surface area is 152 Å². The van der Waals surface area contributed by atoms with Crippen LogP contribution in [-0.2, 0) is 9.47 Å². The fourth-order valence-electron chi connectivity index (χ4n) is 4.43. The largest absolute Gasteiger partial charge is 0.381 e. The van der Waals surface area contributed by atoms with Crippen LogP contribution >= 0.6 is 0 Å². The maximum Gasteiger partial charge on any atom is 0.154 e. The number of aromatic nitrogens is 3. The average Bonchev–Trinajstić information content (AvgIpc) is 3.28. The summed E-state index contributed by atoms with van der Waals surface area (Å²) in [5, 5.41) is 17.1. The number of ether oxygens (including phenoxy) is 2. The van der Waals surface area contributed by atoms with E-state index >= 15 is 0 Å². The maximum atomic E-state index is 8.86. The number of aromatic amines is 1. The third kappa shape index (κ3) is 3.21. The summed E-state index contributed by atoms with van der Waals surface area (Å²) in [7, 11) is 0. The standard InChI is InChI=1S/C19H27N5O2/c1-2-12-9-14(26-13-4-7-25-8-5-13)10-15(12)18(21)24-16-3-6-22-19(16)23-11-17(24)20/h3,6,11-15,20-22H,2,4-5,7-10H2,1H3/t12-,14-,15+/m1/s1. The molecule has 140 valence electrons. The Balaban J connectivity index is 1.55. The van der Waals surface area contributed by atoms with Gasteiger partial charge in [-0.2, -0.15) is 0 Å². The molecule has 1 aliphatic carbocycles. The number of fused-ring (bicyclic) bond motifs is 1. The molecule has 1 saturated heterocycles. The van der Waals surface area contributed by atoms with Crippen molar-refractivity contribution in [2.75, 3.05) is 13.2 Å². The van der Waals surface area contributed by atoms with Gasteiger partial charge in [0.05, 0.1) is 23.9 Å². The number of nitrogens with one attached hydrogen (secondary N) is 3. The van der Waals surface area contributed by atoms with Crippen molar-refractivity contribution in [1.29, 1.82) is 10.8 Å². The van der Waals surface area contributed by atoms with E-state index in [0.717, 1.165) is 50.8 Å². The minimum Gasteiger partial charge on any atom is -0.381 e. The lowest BCUT2D eigenvalue weighted by Gasteiger charge is -2.26. The van der Waals surface area contributed by atoms with E-state index < -0.39 is 0 Å². The van der Waals surface area contributed by atoms with Crippen molar-refractivity contribution in [2.24, 2.45) is 11.8 Å². The molecule has 7 heteroatoms. The lowest BCUT2D eigenvalue weighted by molar-refractivity contribution is -0.0669. The van der Waals surface area contributed by atoms with Crippen LogP contribution < -0.4 is 5.49 Å².